The van der Waals surface area contributed by atoms with Gasteiger partial charge < -0.3 is 24.8 Å². The zero-order chi connectivity index (χ0) is 14.7. The molecule has 1 atom stereocenters. The number of rotatable bonds is 7. The monoisotopic (exact) mass is 292 g/mol. The number of methoxy groups -OCH3 is 1. The summed E-state index contributed by atoms with van der Waals surface area (Å²) < 4.78 is 16.3. The van der Waals surface area contributed by atoms with Gasteiger partial charge in [0.15, 0.2) is 17.6 Å². The molecule has 1 heterocycles. The van der Waals surface area contributed by atoms with E-state index in [1.165, 1.54) is 12.8 Å². The largest absolute Gasteiger partial charge is 0.493 e. The van der Waals surface area contributed by atoms with Crippen molar-refractivity contribution in [1.82, 2.24) is 10.6 Å². The molecule has 1 saturated carbocycles. The highest BCUT2D eigenvalue weighted by atomic mass is 16.6. The lowest BCUT2D eigenvalue weighted by Gasteiger charge is -2.17. The van der Waals surface area contributed by atoms with Crippen molar-refractivity contribution >= 4 is 6.09 Å². The summed E-state index contributed by atoms with van der Waals surface area (Å²) in [6, 6.07) is 6.47. The zero-order valence-corrected chi connectivity index (χ0v) is 12.1. The molecule has 2 fully saturated rings. The third-order valence-corrected chi connectivity index (χ3v) is 3.60. The molecular formula is C15H20N2O4. The number of carbonyl (C=O) groups excluding carboxylic acids is 1. The van der Waals surface area contributed by atoms with Gasteiger partial charge in [0.25, 0.3) is 0 Å². The third-order valence-electron chi connectivity index (χ3n) is 3.60. The Kier molecular flexibility index (Phi) is 4.15. The fraction of sp³-hybridized carbons (Fsp3) is 0.533. The number of hydrogen-bond donors (Lipinski definition) is 2. The number of ether oxygens (including phenoxy) is 3. The van der Waals surface area contributed by atoms with Crippen molar-refractivity contribution in [2.45, 2.75) is 31.5 Å². The van der Waals surface area contributed by atoms with E-state index in [1.807, 2.05) is 18.2 Å². The minimum absolute atomic E-state index is 0.258. The second-order valence-electron chi connectivity index (χ2n) is 5.32. The minimum atomic E-state index is -0.390. The highest BCUT2D eigenvalue weighted by Gasteiger charge is 2.25. The molecule has 1 amide bonds. The van der Waals surface area contributed by atoms with E-state index < -0.39 is 0 Å². The third kappa shape index (κ3) is 3.58. The van der Waals surface area contributed by atoms with E-state index in [0.717, 1.165) is 17.9 Å². The molecule has 1 aromatic carbocycles. The van der Waals surface area contributed by atoms with Crippen molar-refractivity contribution in [3.05, 3.63) is 23.8 Å². The molecule has 114 valence electrons. The van der Waals surface area contributed by atoms with E-state index in [2.05, 4.69) is 10.6 Å². The van der Waals surface area contributed by atoms with Crippen molar-refractivity contribution in [3.63, 3.8) is 0 Å². The maximum absolute atomic E-state index is 11.0. The molecule has 2 N–H and O–H groups in total. The average Bonchev–Trinajstić information content (AvgIpc) is 3.24. The van der Waals surface area contributed by atoms with Gasteiger partial charge in [0, 0.05) is 18.2 Å². The number of amides is 1. The molecule has 3 rings (SSSR count). The predicted molar refractivity (Wildman–Crippen MR) is 76.6 cm³/mol. The van der Waals surface area contributed by atoms with Crippen molar-refractivity contribution in [2.24, 2.45) is 0 Å². The molecule has 6 nitrogen and oxygen atoms in total. The van der Waals surface area contributed by atoms with E-state index in [4.69, 9.17) is 14.2 Å². The Morgan fingerprint density at radius 2 is 2.29 bits per heavy atom. The molecule has 1 aromatic rings. The molecule has 0 aromatic heterocycles. The van der Waals surface area contributed by atoms with Crippen molar-refractivity contribution in [3.8, 4) is 11.5 Å². The first-order valence-corrected chi connectivity index (χ1v) is 7.23. The van der Waals surface area contributed by atoms with Crippen LogP contribution >= 0.6 is 0 Å². The van der Waals surface area contributed by atoms with Crippen LogP contribution in [0.25, 0.3) is 0 Å². The summed E-state index contributed by atoms with van der Waals surface area (Å²) in [5, 5.41) is 6.08. The normalized spacial score (nSPS) is 20.8. The van der Waals surface area contributed by atoms with Gasteiger partial charge in [-0.1, -0.05) is 12.1 Å². The molecule has 0 radical (unpaired) electrons. The summed E-state index contributed by atoms with van der Waals surface area (Å²) in [6.07, 6.45) is 1.83. The molecule has 1 aliphatic heterocycles. The maximum atomic E-state index is 11.0. The first-order chi connectivity index (χ1) is 10.3. The van der Waals surface area contributed by atoms with Gasteiger partial charge in [0.1, 0.15) is 6.61 Å². The van der Waals surface area contributed by atoms with Gasteiger partial charge in [-0.3, -0.25) is 0 Å². The summed E-state index contributed by atoms with van der Waals surface area (Å²) in [6.45, 7) is 1.54. The topological polar surface area (TPSA) is 68.8 Å². The van der Waals surface area contributed by atoms with Crippen molar-refractivity contribution in [2.75, 3.05) is 20.3 Å². The molecule has 0 spiro atoms. The van der Waals surface area contributed by atoms with Crippen LogP contribution in [0.1, 0.15) is 18.4 Å². The second-order valence-corrected chi connectivity index (χ2v) is 5.32. The Hall–Kier alpha value is -1.95. The fourth-order valence-corrected chi connectivity index (χ4v) is 2.27. The highest BCUT2D eigenvalue weighted by molar-refractivity contribution is 5.69. The van der Waals surface area contributed by atoms with E-state index >= 15 is 0 Å². The number of nitrogens with one attached hydrogen (secondary N) is 2. The Bertz CT molecular complexity index is 516. The molecule has 1 unspecified atom stereocenters. The van der Waals surface area contributed by atoms with Crippen molar-refractivity contribution in [1.29, 1.82) is 0 Å². The standard InChI is InChI=1S/C15H20N2O4/c1-19-13-4-2-3-10(7-16-11-5-6-11)14(13)20-9-12-8-17-15(18)21-12/h2-4,11-12,16H,5-9H2,1H3,(H,17,18). The number of alkyl carbamates (subject to hydrolysis) is 1. The summed E-state index contributed by atoms with van der Waals surface area (Å²) >= 11 is 0. The molecule has 0 bridgehead atoms. The Morgan fingerprint density at radius 3 is 2.95 bits per heavy atom. The Morgan fingerprint density at radius 1 is 1.43 bits per heavy atom. The molecule has 1 saturated heterocycles. The van der Waals surface area contributed by atoms with Crippen LogP contribution in [0.4, 0.5) is 4.79 Å². The molecule has 1 aliphatic carbocycles. The predicted octanol–water partition coefficient (Wildman–Crippen LogP) is 1.43. The van der Waals surface area contributed by atoms with Crippen LogP contribution in [-0.4, -0.2) is 38.5 Å². The molecule has 6 heteroatoms. The van der Waals surface area contributed by atoms with E-state index in [1.54, 1.807) is 7.11 Å². The highest BCUT2D eigenvalue weighted by Crippen LogP contribution is 2.32. The summed E-state index contributed by atoms with van der Waals surface area (Å²) in [5.41, 5.74) is 1.05. The van der Waals surface area contributed by atoms with Crippen LogP contribution in [-0.2, 0) is 11.3 Å². The van der Waals surface area contributed by atoms with Gasteiger partial charge in [-0.25, -0.2) is 4.79 Å². The quantitative estimate of drug-likeness (QED) is 0.796. The lowest BCUT2D eigenvalue weighted by molar-refractivity contribution is 0.103. The second kappa shape index (κ2) is 6.22. The minimum Gasteiger partial charge on any atom is -0.493 e. The number of para-hydroxylation sites is 1. The number of carbonyl (C=O) groups is 1. The van der Waals surface area contributed by atoms with E-state index in [0.29, 0.717) is 24.9 Å². The van der Waals surface area contributed by atoms with Gasteiger partial charge in [-0.05, 0) is 18.9 Å². The summed E-state index contributed by atoms with van der Waals surface area (Å²) in [4.78, 5) is 11.0. The van der Waals surface area contributed by atoms with Crippen LogP contribution in [0.5, 0.6) is 11.5 Å². The van der Waals surface area contributed by atoms with Gasteiger partial charge in [0.2, 0.25) is 0 Å². The van der Waals surface area contributed by atoms with Gasteiger partial charge >= 0.3 is 6.09 Å². The number of benzene rings is 1. The van der Waals surface area contributed by atoms with Crippen LogP contribution in [0, 0.1) is 0 Å². The fourth-order valence-electron chi connectivity index (χ4n) is 2.27. The van der Waals surface area contributed by atoms with Crippen molar-refractivity contribution < 1.29 is 19.0 Å². The van der Waals surface area contributed by atoms with E-state index in [-0.39, 0.29) is 12.2 Å². The Balaban J connectivity index is 1.66. The molecule has 21 heavy (non-hydrogen) atoms. The lowest BCUT2D eigenvalue weighted by atomic mass is 10.2. The summed E-state index contributed by atoms with van der Waals surface area (Å²) in [5.74, 6) is 1.42. The maximum Gasteiger partial charge on any atom is 0.407 e. The molecular weight excluding hydrogens is 272 g/mol. The van der Waals surface area contributed by atoms with Gasteiger partial charge in [-0.15, -0.1) is 0 Å². The van der Waals surface area contributed by atoms with Gasteiger partial charge in [-0.2, -0.15) is 0 Å². The average molecular weight is 292 g/mol. The van der Waals surface area contributed by atoms with Crippen LogP contribution in [0.2, 0.25) is 0 Å². The Labute approximate surface area is 123 Å². The number of cyclic esters (lactones) is 1. The molecule has 2 aliphatic rings. The first-order valence-electron chi connectivity index (χ1n) is 7.23. The van der Waals surface area contributed by atoms with Crippen LogP contribution in [0.15, 0.2) is 18.2 Å². The number of hydrogen-bond acceptors (Lipinski definition) is 5. The smallest absolute Gasteiger partial charge is 0.407 e. The van der Waals surface area contributed by atoms with Gasteiger partial charge in [0.05, 0.1) is 13.7 Å². The lowest BCUT2D eigenvalue weighted by Crippen LogP contribution is -2.23. The van der Waals surface area contributed by atoms with Crippen LogP contribution in [0.3, 0.4) is 0 Å². The first kappa shape index (κ1) is 14.0. The van der Waals surface area contributed by atoms with Crippen LogP contribution < -0.4 is 20.1 Å². The summed E-state index contributed by atoms with van der Waals surface area (Å²) in [7, 11) is 1.62. The zero-order valence-electron chi connectivity index (χ0n) is 12.1. The SMILES string of the molecule is COc1cccc(CNC2CC2)c1OCC1CNC(=O)O1. The van der Waals surface area contributed by atoms with E-state index in [9.17, 15) is 4.79 Å².